The molecule has 0 aliphatic rings. The van der Waals surface area contributed by atoms with Crippen molar-refractivity contribution in [3.63, 3.8) is 0 Å². The number of anilines is 1. The first kappa shape index (κ1) is 23.0. The molecule has 0 radical (unpaired) electrons. The second-order valence-electron chi connectivity index (χ2n) is 7.02. The third-order valence-electron chi connectivity index (χ3n) is 4.64. The van der Waals surface area contributed by atoms with E-state index in [0.29, 0.717) is 24.4 Å². The van der Waals surface area contributed by atoms with Crippen LogP contribution in [0.2, 0.25) is 0 Å². The van der Waals surface area contributed by atoms with Crippen LogP contribution in [0.1, 0.15) is 22.3 Å². The summed E-state index contributed by atoms with van der Waals surface area (Å²) in [6, 6.07) is 14.4. The van der Waals surface area contributed by atoms with Gasteiger partial charge in [-0.3, -0.25) is 24.4 Å². The number of thioether (sulfide) groups is 1. The molecule has 2 amide bonds. The molecule has 9 nitrogen and oxygen atoms in total. The van der Waals surface area contributed by atoms with Gasteiger partial charge < -0.3 is 10.6 Å². The fourth-order valence-corrected chi connectivity index (χ4v) is 3.49. The topological polar surface area (TPSA) is 119 Å². The van der Waals surface area contributed by atoms with E-state index in [9.17, 15) is 19.7 Å². The Balaban J connectivity index is 1.66. The lowest BCUT2D eigenvalue weighted by Crippen LogP contribution is -2.44. The first-order valence-electron chi connectivity index (χ1n) is 9.88. The average molecular weight is 454 g/mol. The third-order valence-corrected chi connectivity index (χ3v) is 5.28. The fourth-order valence-electron chi connectivity index (χ4n) is 3.02. The Labute approximate surface area is 189 Å². The quantitative estimate of drug-likeness (QED) is 0.359. The lowest BCUT2D eigenvalue weighted by Gasteiger charge is -2.17. The molecule has 10 heteroatoms. The monoisotopic (exact) mass is 453 g/mol. The summed E-state index contributed by atoms with van der Waals surface area (Å²) in [6.45, 7) is 0.566. The molecular formula is C22H23N5O4S. The number of hydrogen-bond acceptors (Lipinski definition) is 6. The maximum atomic E-state index is 12.8. The summed E-state index contributed by atoms with van der Waals surface area (Å²) in [7, 11) is 0. The van der Waals surface area contributed by atoms with Crippen LogP contribution in [0.5, 0.6) is 0 Å². The SMILES string of the molecule is CSCCC(NC(=O)c1cccc([N+](=O)[O-])c1)C(=O)Nc1cnn(Cc2ccccc2)c1. The summed E-state index contributed by atoms with van der Waals surface area (Å²) in [5.74, 6) is -0.271. The van der Waals surface area contributed by atoms with Crippen molar-refractivity contribution >= 4 is 35.0 Å². The van der Waals surface area contributed by atoms with Gasteiger partial charge in [0.1, 0.15) is 6.04 Å². The van der Waals surface area contributed by atoms with Crippen LogP contribution in [0.25, 0.3) is 0 Å². The van der Waals surface area contributed by atoms with E-state index in [0.717, 1.165) is 5.56 Å². The Morgan fingerprint density at radius 1 is 1.19 bits per heavy atom. The molecule has 1 heterocycles. The second kappa shape index (κ2) is 11.1. The summed E-state index contributed by atoms with van der Waals surface area (Å²) in [5.41, 5.74) is 1.53. The summed E-state index contributed by atoms with van der Waals surface area (Å²) >= 11 is 1.55. The molecule has 0 aliphatic heterocycles. The van der Waals surface area contributed by atoms with Gasteiger partial charge in [-0.15, -0.1) is 0 Å². The molecule has 0 saturated heterocycles. The molecule has 3 rings (SSSR count). The average Bonchev–Trinajstić information content (AvgIpc) is 3.23. The van der Waals surface area contributed by atoms with Crippen LogP contribution in [-0.4, -0.2) is 44.6 Å². The Bertz CT molecular complexity index is 1090. The molecule has 0 saturated carbocycles. The van der Waals surface area contributed by atoms with Crippen LogP contribution in [0.3, 0.4) is 0 Å². The molecule has 3 aromatic rings. The number of amides is 2. The Hall–Kier alpha value is -3.66. The number of rotatable bonds is 10. The smallest absolute Gasteiger partial charge is 0.270 e. The molecule has 166 valence electrons. The highest BCUT2D eigenvalue weighted by Crippen LogP contribution is 2.14. The third kappa shape index (κ3) is 6.42. The molecule has 0 aliphatic carbocycles. The molecular weight excluding hydrogens is 430 g/mol. The molecule has 1 atom stereocenters. The summed E-state index contributed by atoms with van der Waals surface area (Å²) < 4.78 is 1.71. The van der Waals surface area contributed by atoms with Gasteiger partial charge in [-0.25, -0.2) is 0 Å². The zero-order valence-corrected chi connectivity index (χ0v) is 18.2. The van der Waals surface area contributed by atoms with E-state index >= 15 is 0 Å². The molecule has 0 bridgehead atoms. The van der Waals surface area contributed by atoms with Gasteiger partial charge in [0.05, 0.1) is 23.4 Å². The van der Waals surface area contributed by atoms with E-state index < -0.39 is 16.9 Å². The maximum Gasteiger partial charge on any atom is 0.270 e. The molecule has 0 spiro atoms. The number of benzene rings is 2. The molecule has 32 heavy (non-hydrogen) atoms. The first-order valence-corrected chi connectivity index (χ1v) is 11.3. The van der Waals surface area contributed by atoms with Gasteiger partial charge in [0.25, 0.3) is 11.6 Å². The number of aromatic nitrogens is 2. The highest BCUT2D eigenvalue weighted by atomic mass is 32.2. The minimum absolute atomic E-state index is 0.122. The largest absolute Gasteiger partial charge is 0.340 e. The van der Waals surface area contributed by atoms with Crippen LogP contribution < -0.4 is 10.6 Å². The first-order chi connectivity index (χ1) is 15.5. The lowest BCUT2D eigenvalue weighted by molar-refractivity contribution is -0.384. The zero-order valence-electron chi connectivity index (χ0n) is 17.4. The predicted molar refractivity (Wildman–Crippen MR) is 124 cm³/mol. The van der Waals surface area contributed by atoms with Crippen LogP contribution in [-0.2, 0) is 11.3 Å². The lowest BCUT2D eigenvalue weighted by atomic mass is 10.1. The minimum atomic E-state index is -0.799. The number of nitrogens with one attached hydrogen (secondary N) is 2. The van der Waals surface area contributed by atoms with Gasteiger partial charge in [-0.2, -0.15) is 16.9 Å². The Morgan fingerprint density at radius 2 is 1.97 bits per heavy atom. The maximum absolute atomic E-state index is 12.8. The van der Waals surface area contributed by atoms with Gasteiger partial charge in [0.15, 0.2) is 0 Å². The van der Waals surface area contributed by atoms with Crippen molar-refractivity contribution in [2.24, 2.45) is 0 Å². The van der Waals surface area contributed by atoms with Crippen molar-refractivity contribution in [3.05, 3.63) is 88.2 Å². The fraction of sp³-hybridized carbons (Fsp3) is 0.227. The Morgan fingerprint density at radius 3 is 2.69 bits per heavy atom. The predicted octanol–water partition coefficient (Wildman–Crippen LogP) is 3.33. The van der Waals surface area contributed by atoms with Crippen LogP contribution in [0, 0.1) is 10.1 Å². The van der Waals surface area contributed by atoms with Gasteiger partial charge in [0.2, 0.25) is 5.91 Å². The zero-order chi connectivity index (χ0) is 22.9. The minimum Gasteiger partial charge on any atom is -0.340 e. The number of carbonyl (C=O) groups is 2. The standard InChI is InChI=1S/C22H23N5O4S/c1-32-11-10-20(25-21(28)17-8-5-9-19(12-17)27(30)31)22(29)24-18-13-23-26(15-18)14-16-6-3-2-4-7-16/h2-9,12-13,15,20H,10-11,14H2,1H3,(H,24,29)(H,25,28). The van der Waals surface area contributed by atoms with Crippen LogP contribution in [0.15, 0.2) is 67.0 Å². The molecule has 1 unspecified atom stereocenters. The molecule has 0 fully saturated rings. The van der Waals surface area contributed by atoms with Gasteiger partial charge in [-0.05, 0) is 30.1 Å². The van der Waals surface area contributed by atoms with E-state index in [1.807, 2.05) is 36.6 Å². The van der Waals surface area contributed by atoms with E-state index in [2.05, 4.69) is 15.7 Å². The number of non-ortho nitro benzene ring substituents is 1. The van der Waals surface area contributed by atoms with Crippen molar-refractivity contribution in [1.29, 1.82) is 0 Å². The summed E-state index contributed by atoms with van der Waals surface area (Å²) in [5, 5.41) is 20.7. The number of nitro benzene ring substituents is 1. The number of hydrogen-bond donors (Lipinski definition) is 2. The number of carbonyl (C=O) groups excluding carboxylic acids is 2. The van der Waals surface area contributed by atoms with Gasteiger partial charge >= 0.3 is 0 Å². The van der Waals surface area contributed by atoms with E-state index in [1.54, 1.807) is 28.8 Å². The molecule has 2 aromatic carbocycles. The second-order valence-corrected chi connectivity index (χ2v) is 8.00. The van der Waals surface area contributed by atoms with Crippen molar-refractivity contribution in [2.75, 3.05) is 17.3 Å². The van der Waals surface area contributed by atoms with Crippen molar-refractivity contribution in [1.82, 2.24) is 15.1 Å². The van der Waals surface area contributed by atoms with Crippen molar-refractivity contribution < 1.29 is 14.5 Å². The van der Waals surface area contributed by atoms with Gasteiger partial charge in [0, 0.05) is 23.9 Å². The number of nitrogens with zero attached hydrogens (tertiary/aromatic N) is 3. The van der Waals surface area contributed by atoms with Crippen LogP contribution >= 0.6 is 11.8 Å². The van der Waals surface area contributed by atoms with E-state index in [1.165, 1.54) is 24.3 Å². The molecule has 1 aromatic heterocycles. The normalized spacial score (nSPS) is 11.5. The van der Waals surface area contributed by atoms with Crippen molar-refractivity contribution in [3.8, 4) is 0 Å². The highest BCUT2D eigenvalue weighted by molar-refractivity contribution is 7.98. The van der Waals surface area contributed by atoms with Crippen LogP contribution in [0.4, 0.5) is 11.4 Å². The van der Waals surface area contributed by atoms with E-state index in [-0.39, 0.29) is 17.2 Å². The highest BCUT2D eigenvalue weighted by Gasteiger charge is 2.22. The summed E-state index contributed by atoms with van der Waals surface area (Å²) in [4.78, 5) is 35.9. The Kier molecular flexibility index (Phi) is 7.98. The summed E-state index contributed by atoms with van der Waals surface area (Å²) in [6.07, 6.45) is 5.59. The van der Waals surface area contributed by atoms with Gasteiger partial charge in [-0.1, -0.05) is 36.4 Å². The van der Waals surface area contributed by atoms with E-state index in [4.69, 9.17) is 0 Å². The molecule has 2 N–H and O–H groups in total. The number of nitro groups is 1. The van der Waals surface area contributed by atoms with Crippen molar-refractivity contribution in [2.45, 2.75) is 19.0 Å².